The van der Waals surface area contributed by atoms with Gasteiger partial charge in [-0.15, -0.1) is 5.10 Å². The SMILES string of the molecule is Cc1nnn(C)c1-c1cnc2c3ccc(C#N)nc3n([C@H](c3ccccc3)C3CCOCC3)c2c1. The Bertz CT molecular complexity index is 1550. The fraction of sp³-hybridized carbons (Fsp3) is 0.296. The Kier molecular flexibility index (Phi) is 5.27. The van der Waals surface area contributed by atoms with Crippen LogP contribution in [-0.2, 0) is 11.8 Å². The number of nitrogens with zero attached hydrogens (tertiary/aromatic N) is 7. The third-order valence-electron chi connectivity index (χ3n) is 7.00. The van der Waals surface area contributed by atoms with Crippen LogP contribution in [-0.4, -0.2) is 42.7 Å². The van der Waals surface area contributed by atoms with Crippen LogP contribution in [0.2, 0.25) is 0 Å². The molecule has 35 heavy (non-hydrogen) atoms. The lowest BCUT2D eigenvalue weighted by atomic mass is 9.86. The molecule has 1 aliphatic rings. The quantitative estimate of drug-likeness (QED) is 0.387. The van der Waals surface area contributed by atoms with Crippen LogP contribution in [0, 0.1) is 24.2 Å². The van der Waals surface area contributed by atoms with E-state index in [0.29, 0.717) is 11.6 Å². The Hall–Kier alpha value is -4.09. The van der Waals surface area contributed by atoms with E-state index in [1.54, 1.807) is 10.7 Å². The third kappa shape index (κ3) is 3.56. The zero-order valence-corrected chi connectivity index (χ0v) is 19.7. The molecule has 5 aromatic rings. The predicted octanol–water partition coefficient (Wildman–Crippen LogP) is 4.58. The predicted molar refractivity (Wildman–Crippen MR) is 133 cm³/mol. The van der Waals surface area contributed by atoms with E-state index in [4.69, 9.17) is 14.7 Å². The van der Waals surface area contributed by atoms with Crippen molar-refractivity contribution in [3.8, 4) is 17.3 Å². The molecule has 174 valence electrons. The van der Waals surface area contributed by atoms with Gasteiger partial charge in [-0.3, -0.25) is 4.98 Å². The van der Waals surface area contributed by atoms with Gasteiger partial charge in [0.15, 0.2) is 0 Å². The molecule has 6 rings (SSSR count). The number of pyridine rings is 2. The molecule has 5 heterocycles. The van der Waals surface area contributed by atoms with E-state index in [-0.39, 0.29) is 6.04 Å². The summed E-state index contributed by atoms with van der Waals surface area (Å²) in [5.74, 6) is 0.362. The van der Waals surface area contributed by atoms with Gasteiger partial charge in [-0.05, 0) is 49.4 Å². The Balaban J connectivity index is 1.69. The zero-order valence-electron chi connectivity index (χ0n) is 19.7. The molecule has 0 amide bonds. The van der Waals surface area contributed by atoms with Gasteiger partial charge in [-0.1, -0.05) is 35.5 Å². The second-order valence-corrected chi connectivity index (χ2v) is 9.09. The standard InChI is InChI=1S/C27H25N7O/c1-17-25(33(2)32-31-17)20-14-23-24(29-16-20)22-9-8-21(15-28)30-27(22)34(23)26(18-6-4-3-5-7-18)19-10-12-35-13-11-19/h3-9,14,16,19,26H,10-13H2,1-2H3/t26-/m1/s1. The van der Waals surface area contributed by atoms with Crippen molar-refractivity contribution in [3.63, 3.8) is 0 Å². The molecule has 0 spiro atoms. The van der Waals surface area contributed by atoms with E-state index in [2.05, 4.69) is 51.3 Å². The van der Waals surface area contributed by atoms with Gasteiger partial charge >= 0.3 is 0 Å². The fourth-order valence-corrected chi connectivity index (χ4v) is 5.42. The summed E-state index contributed by atoms with van der Waals surface area (Å²) in [4.78, 5) is 9.71. The lowest BCUT2D eigenvalue weighted by Crippen LogP contribution is -2.27. The largest absolute Gasteiger partial charge is 0.381 e. The van der Waals surface area contributed by atoms with Gasteiger partial charge in [-0.25, -0.2) is 9.67 Å². The number of hydrogen-bond acceptors (Lipinski definition) is 6. The second-order valence-electron chi connectivity index (χ2n) is 9.09. The smallest absolute Gasteiger partial charge is 0.144 e. The van der Waals surface area contributed by atoms with E-state index < -0.39 is 0 Å². The highest BCUT2D eigenvalue weighted by molar-refractivity contribution is 6.05. The van der Waals surface area contributed by atoms with E-state index in [1.807, 2.05) is 32.3 Å². The van der Waals surface area contributed by atoms with Crippen LogP contribution in [0.3, 0.4) is 0 Å². The van der Waals surface area contributed by atoms with Crippen molar-refractivity contribution in [2.45, 2.75) is 25.8 Å². The summed E-state index contributed by atoms with van der Waals surface area (Å²) in [6.07, 6.45) is 3.79. The van der Waals surface area contributed by atoms with Gasteiger partial charge in [0.2, 0.25) is 0 Å². The number of aryl methyl sites for hydroxylation is 2. The Morgan fingerprint density at radius 2 is 1.91 bits per heavy atom. The van der Waals surface area contributed by atoms with Crippen molar-refractivity contribution < 1.29 is 4.74 Å². The summed E-state index contributed by atoms with van der Waals surface area (Å²) in [6, 6.07) is 18.7. The molecule has 1 saturated heterocycles. The monoisotopic (exact) mass is 463 g/mol. The number of fused-ring (bicyclic) bond motifs is 3. The molecule has 1 fully saturated rings. The lowest BCUT2D eigenvalue weighted by Gasteiger charge is -2.32. The minimum Gasteiger partial charge on any atom is -0.381 e. The van der Waals surface area contributed by atoms with Crippen LogP contribution in [0.5, 0.6) is 0 Å². The summed E-state index contributed by atoms with van der Waals surface area (Å²) >= 11 is 0. The molecule has 1 aliphatic heterocycles. The van der Waals surface area contributed by atoms with Gasteiger partial charge in [0.05, 0.1) is 28.5 Å². The first-order chi connectivity index (χ1) is 17.2. The molecule has 8 heteroatoms. The molecule has 0 N–H and O–H groups in total. The van der Waals surface area contributed by atoms with Crippen molar-refractivity contribution in [3.05, 3.63) is 71.7 Å². The minimum absolute atomic E-state index is 0.0318. The minimum atomic E-state index is 0.0318. The first kappa shape index (κ1) is 21.4. The number of hydrogen-bond donors (Lipinski definition) is 0. The number of aromatic nitrogens is 6. The molecule has 4 aromatic heterocycles. The Morgan fingerprint density at radius 3 is 2.63 bits per heavy atom. The van der Waals surface area contributed by atoms with Gasteiger partial charge < -0.3 is 9.30 Å². The van der Waals surface area contributed by atoms with Crippen LogP contribution in [0.15, 0.2) is 54.7 Å². The first-order valence-electron chi connectivity index (χ1n) is 11.9. The van der Waals surface area contributed by atoms with E-state index in [9.17, 15) is 5.26 Å². The van der Waals surface area contributed by atoms with Crippen LogP contribution in [0.1, 0.15) is 35.8 Å². The highest BCUT2D eigenvalue weighted by atomic mass is 16.5. The van der Waals surface area contributed by atoms with Crippen molar-refractivity contribution in [2.24, 2.45) is 13.0 Å². The Labute approximate surface area is 202 Å². The van der Waals surface area contributed by atoms with Gasteiger partial charge in [0.1, 0.15) is 17.4 Å². The molecule has 1 aromatic carbocycles. The number of rotatable bonds is 4. The maximum Gasteiger partial charge on any atom is 0.144 e. The maximum absolute atomic E-state index is 9.63. The summed E-state index contributed by atoms with van der Waals surface area (Å²) < 4.78 is 9.79. The molecule has 0 aliphatic carbocycles. The van der Waals surface area contributed by atoms with Crippen molar-refractivity contribution in [1.29, 1.82) is 5.26 Å². The summed E-state index contributed by atoms with van der Waals surface area (Å²) in [5, 5.41) is 19.0. The fourth-order valence-electron chi connectivity index (χ4n) is 5.42. The molecule has 0 bridgehead atoms. The molecule has 1 atom stereocenters. The van der Waals surface area contributed by atoms with Crippen molar-refractivity contribution in [2.75, 3.05) is 13.2 Å². The van der Waals surface area contributed by atoms with Crippen LogP contribution >= 0.6 is 0 Å². The van der Waals surface area contributed by atoms with E-state index in [0.717, 1.165) is 65.1 Å². The number of benzene rings is 1. The topological polar surface area (TPSA) is 94.4 Å². The lowest BCUT2D eigenvalue weighted by molar-refractivity contribution is 0.0552. The molecular weight excluding hydrogens is 438 g/mol. The highest BCUT2D eigenvalue weighted by Gasteiger charge is 2.31. The Morgan fingerprint density at radius 1 is 1.11 bits per heavy atom. The first-order valence-corrected chi connectivity index (χ1v) is 11.9. The number of ether oxygens (including phenoxy) is 1. The molecule has 8 nitrogen and oxygen atoms in total. The molecular formula is C27H25N7O. The normalized spacial score (nSPS) is 15.5. The summed E-state index contributed by atoms with van der Waals surface area (Å²) in [5.41, 5.74) is 6.99. The van der Waals surface area contributed by atoms with Crippen LogP contribution in [0.4, 0.5) is 0 Å². The van der Waals surface area contributed by atoms with E-state index in [1.165, 1.54) is 5.56 Å². The van der Waals surface area contributed by atoms with Crippen LogP contribution < -0.4 is 0 Å². The zero-order chi connectivity index (χ0) is 23.9. The van der Waals surface area contributed by atoms with E-state index >= 15 is 0 Å². The average Bonchev–Trinajstić information content (AvgIpc) is 3.41. The van der Waals surface area contributed by atoms with Crippen LogP contribution in [0.25, 0.3) is 33.3 Å². The van der Waals surface area contributed by atoms with Crippen molar-refractivity contribution >= 4 is 22.1 Å². The molecule has 0 radical (unpaired) electrons. The number of nitriles is 1. The van der Waals surface area contributed by atoms with Gasteiger partial charge in [-0.2, -0.15) is 5.26 Å². The third-order valence-corrected chi connectivity index (χ3v) is 7.00. The molecule has 0 unspecified atom stereocenters. The van der Waals surface area contributed by atoms with Gasteiger partial charge in [0, 0.05) is 37.4 Å². The van der Waals surface area contributed by atoms with Gasteiger partial charge in [0.25, 0.3) is 0 Å². The average molecular weight is 464 g/mol. The maximum atomic E-state index is 9.63. The summed E-state index contributed by atoms with van der Waals surface area (Å²) in [6.45, 7) is 3.44. The second kappa shape index (κ2) is 8.60. The summed E-state index contributed by atoms with van der Waals surface area (Å²) in [7, 11) is 1.89. The molecule has 0 saturated carbocycles. The van der Waals surface area contributed by atoms with Crippen molar-refractivity contribution in [1.82, 2.24) is 29.5 Å². The highest BCUT2D eigenvalue weighted by Crippen LogP contribution is 2.40.